The van der Waals surface area contributed by atoms with E-state index in [0.29, 0.717) is 6.54 Å². The van der Waals surface area contributed by atoms with Gasteiger partial charge in [-0.15, -0.1) is 0 Å². The Bertz CT molecular complexity index is 484. The van der Waals surface area contributed by atoms with E-state index in [1.165, 1.54) is 12.1 Å². The predicted octanol–water partition coefficient (Wildman–Crippen LogP) is 2.08. The molecule has 1 saturated heterocycles. The summed E-state index contributed by atoms with van der Waals surface area (Å²) in [5.74, 6) is -0.967. The Morgan fingerprint density at radius 2 is 2.06 bits per heavy atom. The number of carboxylic acids is 1. The van der Waals surface area contributed by atoms with Gasteiger partial charge in [0.25, 0.3) is 0 Å². The fraction of sp³-hybridized carbons (Fsp3) is 0.385. The Kier molecular flexibility index (Phi) is 2.98. The highest BCUT2D eigenvalue weighted by Crippen LogP contribution is 2.25. The Morgan fingerprint density at radius 1 is 1.44 bits per heavy atom. The van der Waals surface area contributed by atoms with Gasteiger partial charge in [0.05, 0.1) is 17.6 Å². The molecular weight excluding hydrogens is 232 g/mol. The lowest BCUT2D eigenvalue weighted by atomic mass is 10.0. The number of carboxylic acid groups (broad SMARTS) is 1. The van der Waals surface area contributed by atoms with E-state index in [1.54, 1.807) is 17.0 Å². The fourth-order valence-corrected chi connectivity index (χ4v) is 1.98. The largest absolute Gasteiger partial charge is 0.478 e. The normalized spacial score (nSPS) is 23.0. The number of urea groups is 1. The van der Waals surface area contributed by atoms with Gasteiger partial charge < -0.3 is 10.4 Å². The standard InChI is InChI=1S/C13H16N2O3/c1-3-13(2)8-15(12(18)14-13)10-6-4-9(5-7-10)11(16)17/h4-7H,3,8H2,1-2H3,(H,14,18)(H,16,17). The van der Waals surface area contributed by atoms with Crippen molar-refractivity contribution in [1.82, 2.24) is 5.32 Å². The van der Waals surface area contributed by atoms with Crippen molar-refractivity contribution in [3.8, 4) is 0 Å². The molecule has 0 aliphatic carbocycles. The molecule has 1 aromatic rings. The lowest BCUT2D eigenvalue weighted by Crippen LogP contribution is -2.39. The fourth-order valence-electron chi connectivity index (χ4n) is 1.98. The molecule has 18 heavy (non-hydrogen) atoms. The highest BCUT2D eigenvalue weighted by atomic mass is 16.4. The Labute approximate surface area is 105 Å². The van der Waals surface area contributed by atoms with E-state index in [4.69, 9.17) is 5.11 Å². The van der Waals surface area contributed by atoms with E-state index in [1.807, 2.05) is 13.8 Å². The van der Waals surface area contributed by atoms with E-state index in [2.05, 4.69) is 5.32 Å². The molecule has 0 bridgehead atoms. The van der Waals surface area contributed by atoms with Gasteiger partial charge in [0.2, 0.25) is 0 Å². The van der Waals surface area contributed by atoms with Crippen molar-refractivity contribution in [2.45, 2.75) is 25.8 Å². The summed E-state index contributed by atoms with van der Waals surface area (Å²) in [6.45, 7) is 4.61. The quantitative estimate of drug-likeness (QED) is 0.860. The number of carbonyl (C=O) groups is 2. The van der Waals surface area contributed by atoms with Crippen LogP contribution >= 0.6 is 0 Å². The Balaban J connectivity index is 2.22. The SMILES string of the molecule is CCC1(C)CN(c2ccc(C(=O)O)cc2)C(=O)N1. The third kappa shape index (κ3) is 2.16. The van der Waals surface area contributed by atoms with Crippen LogP contribution < -0.4 is 10.2 Å². The minimum atomic E-state index is -0.967. The summed E-state index contributed by atoms with van der Waals surface area (Å²) in [5.41, 5.74) is 0.717. The van der Waals surface area contributed by atoms with E-state index < -0.39 is 5.97 Å². The molecule has 1 heterocycles. The van der Waals surface area contributed by atoms with Gasteiger partial charge in [0, 0.05) is 5.69 Å². The first-order valence-corrected chi connectivity index (χ1v) is 5.88. The predicted molar refractivity (Wildman–Crippen MR) is 68.0 cm³/mol. The first-order valence-electron chi connectivity index (χ1n) is 5.88. The summed E-state index contributed by atoms with van der Waals surface area (Å²) >= 11 is 0. The summed E-state index contributed by atoms with van der Waals surface area (Å²) in [7, 11) is 0. The minimum Gasteiger partial charge on any atom is -0.478 e. The summed E-state index contributed by atoms with van der Waals surface area (Å²) in [6.07, 6.45) is 0.850. The molecular formula is C13H16N2O3. The molecule has 2 N–H and O–H groups in total. The zero-order valence-corrected chi connectivity index (χ0v) is 10.4. The van der Waals surface area contributed by atoms with E-state index in [-0.39, 0.29) is 17.1 Å². The molecule has 96 valence electrons. The second-order valence-corrected chi connectivity index (χ2v) is 4.78. The van der Waals surface area contributed by atoms with Gasteiger partial charge in [-0.05, 0) is 37.6 Å². The van der Waals surface area contributed by atoms with Gasteiger partial charge in [-0.3, -0.25) is 4.90 Å². The van der Waals surface area contributed by atoms with Gasteiger partial charge in [0.15, 0.2) is 0 Å². The van der Waals surface area contributed by atoms with Gasteiger partial charge >= 0.3 is 12.0 Å². The topological polar surface area (TPSA) is 69.6 Å². The maximum absolute atomic E-state index is 11.9. The molecule has 2 rings (SSSR count). The number of hydrogen-bond acceptors (Lipinski definition) is 2. The average molecular weight is 248 g/mol. The molecule has 0 radical (unpaired) electrons. The van der Waals surface area contributed by atoms with E-state index in [9.17, 15) is 9.59 Å². The maximum atomic E-state index is 11.9. The van der Waals surface area contributed by atoms with Crippen LogP contribution in [-0.4, -0.2) is 29.2 Å². The van der Waals surface area contributed by atoms with Crippen LogP contribution in [0, 0.1) is 0 Å². The van der Waals surface area contributed by atoms with Gasteiger partial charge in [-0.2, -0.15) is 0 Å². The first kappa shape index (κ1) is 12.4. The number of carbonyl (C=O) groups excluding carboxylic acids is 1. The average Bonchev–Trinajstić information content (AvgIpc) is 2.66. The number of amides is 2. The molecule has 1 fully saturated rings. The van der Waals surface area contributed by atoms with Crippen LogP contribution in [0.3, 0.4) is 0 Å². The minimum absolute atomic E-state index is 0.137. The van der Waals surface area contributed by atoms with Crippen LogP contribution in [0.25, 0.3) is 0 Å². The molecule has 2 amide bonds. The monoisotopic (exact) mass is 248 g/mol. The molecule has 1 aromatic carbocycles. The number of anilines is 1. The van der Waals surface area contributed by atoms with Gasteiger partial charge in [-0.25, -0.2) is 9.59 Å². The highest BCUT2D eigenvalue weighted by molar-refractivity contribution is 5.96. The Morgan fingerprint density at radius 3 is 2.50 bits per heavy atom. The van der Waals surface area contributed by atoms with E-state index >= 15 is 0 Å². The van der Waals surface area contributed by atoms with Crippen LogP contribution in [0.2, 0.25) is 0 Å². The third-order valence-electron chi connectivity index (χ3n) is 3.37. The van der Waals surface area contributed by atoms with Gasteiger partial charge in [0.1, 0.15) is 0 Å². The van der Waals surface area contributed by atoms with Crippen LogP contribution in [0.4, 0.5) is 10.5 Å². The molecule has 5 heteroatoms. The molecule has 1 unspecified atom stereocenters. The number of benzene rings is 1. The van der Waals surface area contributed by atoms with Crippen molar-refractivity contribution < 1.29 is 14.7 Å². The zero-order valence-electron chi connectivity index (χ0n) is 10.4. The molecule has 0 saturated carbocycles. The van der Waals surface area contributed by atoms with E-state index in [0.717, 1.165) is 12.1 Å². The van der Waals surface area contributed by atoms with Crippen LogP contribution in [0.5, 0.6) is 0 Å². The second-order valence-electron chi connectivity index (χ2n) is 4.78. The molecule has 1 aliphatic heterocycles. The van der Waals surface area contributed by atoms with Crippen molar-refractivity contribution in [2.24, 2.45) is 0 Å². The van der Waals surface area contributed by atoms with Gasteiger partial charge in [-0.1, -0.05) is 6.92 Å². The molecule has 0 spiro atoms. The zero-order chi connectivity index (χ0) is 13.3. The summed E-state index contributed by atoms with van der Waals surface area (Å²) in [5, 5.41) is 11.8. The number of nitrogens with one attached hydrogen (secondary N) is 1. The lowest BCUT2D eigenvalue weighted by molar-refractivity contribution is 0.0697. The van der Waals surface area contributed by atoms with Crippen molar-refractivity contribution in [2.75, 3.05) is 11.4 Å². The number of aromatic carboxylic acids is 1. The molecule has 5 nitrogen and oxygen atoms in total. The first-order chi connectivity index (χ1) is 8.45. The van der Waals surface area contributed by atoms with Crippen molar-refractivity contribution in [3.63, 3.8) is 0 Å². The van der Waals surface area contributed by atoms with Crippen molar-refractivity contribution in [1.29, 1.82) is 0 Å². The van der Waals surface area contributed by atoms with Crippen molar-refractivity contribution >= 4 is 17.7 Å². The highest BCUT2D eigenvalue weighted by Gasteiger charge is 2.37. The van der Waals surface area contributed by atoms with Crippen LogP contribution in [0.1, 0.15) is 30.6 Å². The molecule has 0 aromatic heterocycles. The Hall–Kier alpha value is -2.04. The summed E-state index contributed by atoms with van der Waals surface area (Å²) < 4.78 is 0. The third-order valence-corrected chi connectivity index (χ3v) is 3.37. The summed E-state index contributed by atoms with van der Waals surface area (Å²) in [6, 6.07) is 6.19. The van der Waals surface area contributed by atoms with Crippen LogP contribution in [0.15, 0.2) is 24.3 Å². The number of hydrogen-bond donors (Lipinski definition) is 2. The second kappa shape index (κ2) is 4.33. The number of rotatable bonds is 3. The van der Waals surface area contributed by atoms with Crippen molar-refractivity contribution in [3.05, 3.63) is 29.8 Å². The summed E-state index contributed by atoms with van der Waals surface area (Å²) in [4.78, 5) is 24.3. The molecule has 1 atom stereocenters. The lowest BCUT2D eigenvalue weighted by Gasteiger charge is -2.21. The smallest absolute Gasteiger partial charge is 0.335 e. The van der Waals surface area contributed by atoms with Crippen LogP contribution in [-0.2, 0) is 0 Å². The molecule has 1 aliphatic rings. The maximum Gasteiger partial charge on any atom is 0.335 e. The number of nitrogens with zero attached hydrogens (tertiary/aromatic N) is 1.